The summed E-state index contributed by atoms with van der Waals surface area (Å²) < 4.78 is 5.64. The molecule has 1 fully saturated rings. The lowest BCUT2D eigenvalue weighted by Gasteiger charge is -2.30. The molecule has 19 heavy (non-hydrogen) atoms. The summed E-state index contributed by atoms with van der Waals surface area (Å²) in [6.45, 7) is 0.933. The Morgan fingerprint density at radius 1 is 1.53 bits per heavy atom. The van der Waals surface area contributed by atoms with Crippen LogP contribution in [0.3, 0.4) is 0 Å². The van der Waals surface area contributed by atoms with Crippen LogP contribution < -0.4 is 0 Å². The summed E-state index contributed by atoms with van der Waals surface area (Å²) >= 11 is 7.88. The van der Waals surface area contributed by atoms with Crippen LogP contribution in [0.25, 0.3) is 11.0 Å². The van der Waals surface area contributed by atoms with Gasteiger partial charge in [-0.15, -0.1) is 0 Å². The van der Waals surface area contributed by atoms with Crippen molar-refractivity contribution in [3.8, 4) is 0 Å². The molecule has 0 radical (unpaired) electrons. The molecule has 1 aromatic carbocycles. The van der Waals surface area contributed by atoms with E-state index < -0.39 is 0 Å². The lowest BCUT2D eigenvalue weighted by Crippen LogP contribution is -2.44. The third-order valence-electron chi connectivity index (χ3n) is 3.44. The number of para-hydroxylation sites is 1. The quantitative estimate of drug-likeness (QED) is 0.796. The van der Waals surface area contributed by atoms with Crippen molar-refractivity contribution in [2.45, 2.75) is 6.04 Å². The smallest absolute Gasteiger partial charge is 0.215 e. The van der Waals surface area contributed by atoms with E-state index in [1.807, 2.05) is 30.9 Å². The van der Waals surface area contributed by atoms with Gasteiger partial charge < -0.3 is 4.42 Å². The van der Waals surface area contributed by atoms with Gasteiger partial charge in [-0.2, -0.15) is 11.8 Å². The Labute approximate surface area is 120 Å². The first-order valence-corrected chi connectivity index (χ1v) is 7.70. The minimum Gasteiger partial charge on any atom is -0.451 e. The predicted molar refractivity (Wildman–Crippen MR) is 79.3 cm³/mol. The highest BCUT2D eigenvalue weighted by molar-refractivity contribution is 7.99. The molecule has 1 aromatic heterocycles. The third-order valence-corrected chi connectivity index (χ3v) is 4.76. The number of ketones is 1. The molecule has 2 aromatic rings. The average Bonchev–Trinajstić information content (AvgIpc) is 2.84. The summed E-state index contributed by atoms with van der Waals surface area (Å²) in [5, 5.41) is 1.42. The number of carbonyl (C=O) groups excluding carboxylic acids is 1. The number of Topliss-reactive ketones (excluding diaryl/α,β-unsaturated/α-hetero) is 1. The van der Waals surface area contributed by atoms with Gasteiger partial charge in [-0.3, -0.25) is 9.69 Å². The summed E-state index contributed by atoms with van der Waals surface area (Å²) in [6.07, 6.45) is 0. The van der Waals surface area contributed by atoms with Gasteiger partial charge in [0.1, 0.15) is 0 Å². The van der Waals surface area contributed by atoms with Crippen molar-refractivity contribution in [3.63, 3.8) is 0 Å². The second-order valence-electron chi connectivity index (χ2n) is 4.70. The van der Waals surface area contributed by atoms with Crippen LogP contribution in [0, 0.1) is 0 Å². The SMILES string of the molecule is CN1CCSCC1C(=O)c1cc2cccc(Cl)c2o1. The fourth-order valence-corrected chi connectivity index (χ4v) is 3.71. The van der Waals surface area contributed by atoms with Crippen LogP contribution in [-0.2, 0) is 0 Å². The van der Waals surface area contributed by atoms with Gasteiger partial charge in [0.15, 0.2) is 11.3 Å². The average molecular weight is 296 g/mol. The number of thioether (sulfide) groups is 1. The zero-order valence-corrected chi connectivity index (χ0v) is 12.1. The lowest BCUT2D eigenvalue weighted by molar-refractivity contribution is 0.0848. The predicted octanol–water partition coefficient (Wildman–Crippen LogP) is 3.32. The molecule has 3 nitrogen and oxygen atoms in total. The molecular formula is C14H14ClNO2S. The van der Waals surface area contributed by atoms with Gasteiger partial charge in [-0.1, -0.05) is 23.7 Å². The van der Waals surface area contributed by atoms with Crippen LogP contribution in [0.15, 0.2) is 28.7 Å². The van der Waals surface area contributed by atoms with Crippen molar-refractivity contribution in [1.82, 2.24) is 4.90 Å². The Balaban J connectivity index is 1.95. The molecule has 0 saturated carbocycles. The summed E-state index contributed by atoms with van der Waals surface area (Å²) in [5.74, 6) is 2.34. The zero-order valence-electron chi connectivity index (χ0n) is 10.6. The second-order valence-corrected chi connectivity index (χ2v) is 6.26. The summed E-state index contributed by atoms with van der Waals surface area (Å²) in [7, 11) is 1.98. The fraction of sp³-hybridized carbons (Fsp3) is 0.357. The van der Waals surface area contributed by atoms with Gasteiger partial charge in [-0.05, 0) is 19.2 Å². The highest BCUT2D eigenvalue weighted by Crippen LogP contribution is 2.28. The van der Waals surface area contributed by atoms with Crippen molar-refractivity contribution in [2.24, 2.45) is 0 Å². The molecule has 3 rings (SSSR count). The second kappa shape index (κ2) is 5.19. The number of furan rings is 1. The molecule has 1 unspecified atom stereocenters. The van der Waals surface area contributed by atoms with Crippen LogP contribution in [0.5, 0.6) is 0 Å². The summed E-state index contributed by atoms with van der Waals surface area (Å²) in [6, 6.07) is 7.22. The first-order chi connectivity index (χ1) is 9.16. The largest absolute Gasteiger partial charge is 0.451 e. The number of rotatable bonds is 2. The van der Waals surface area contributed by atoms with Gasteiger partial charge in [0.2, 0.25) is 5.78 Å². The number of halogens is 1. The molecule has 0 spiro atoms. The first kappa shape index (κ1) is 13.0. The Morgan fingerprint density at radius 2 is 2.37 bits per heavy atom. The topological polar surface area (TPSA) is 33.5 Å². The molecule has 0 amide bonds. The number of hydrogen-bond acceptors (Lipinski definition) is 4. The first-order valence-electron chi connectivity index (χ1n) is 6.17. The molecule has 0 aliphatic carbocycles. The van der Waals surface area contributed by atoms with E-state index in [1.54, 1.807) is 12.1 Å². The molecular weight excluding hydrogens is 282 g/mol. The molecule has 1 saturated heterocycles. The molecule has 1 atom stereocenters. The van der Waals surface area contributed by atoms with E-state index in [0.29, 0.717) is 16.4 Å². The monoisotopic (exact) mass is 295 g/mol. The molecule has 2 heterocycles. The van der Waals surface area contributed by atoms with Crippen molar-refractivity contribution in [1.29, 1.82) is 0 Å². The molecule has 1 aliphatic rings. The van der Waals surface area contributed by atoms with Crippen molar-refractivity contribution in [2.75, 3.05) is 25.1 Å². The van der Waals surface area contributed by atoms with E-state index in [0.717, 1.165) is 23.4 Å². The van der Waals surface area contributed by atoms with Crippen LogP contribution >= 0.6 is 23.4 Å². The van der Waals surface area contributed by atoms with E-state index >= 15 is 0 Å². The van der Waals surface area contributed by atoms with E-state index in [1.165, 1.54) is 0 Å². The highest BCUT2D eigenvalue weighted by atomic mass is 35.5. The molecule has 0 bridgehead atoms. The minimum atomic E-state index is -0.0990. The van der Waals surface area contributed by atoms with Gasteiger partial charge in [0, 0.05) is 23.4 Å². The maximum Gasteiger partial charge on any atom is 0.215 e. The maximum absolute atomic E-state index is 12.5. The van der Waals surface area contributed by atoms with Gasteiger partial charge in [0.05, 0.1) is 11.1 Å². The Bertz CT molecular complexity index is 625. The normalized spacial score (nSPS) is 20.8. The number of carbonyl (C=O) groups is 1. The Kier molecular flexibility index (Phi) is 3.56. The lowest BCUT2D eigenvalue weighted by atomic mass is 10.1. The van der Waals surface area contributed by atoms with E-state index in [4.69, 9.17) is 16.0 Å². The van der Waals surface area contributed by atoms with Gasteiger partial charge in [-0.25, -0.2) is 0 Å². The van der Waals surface area contributed by atoms with Gasteiger partial charge in [0.25, 0.3) is 0 Å². The van der Waals surface area contributed by atoms with Crippen LogP contribution in [0.2, 0.25) is 5.02 Å². The van der Waals surface area contributed by atoms with Crippen LogP contribution in [0.4, 0.5) is 0 Å². The highest BCUT2D eigenvalue weighted by Gasteiger charge is 2.29. The minimum absolute atomic E-state index is 0.0435. The number of nitrogens with zero attached hydrogens (tertiary/aromatic N) is 1. The van der Waals surface area contributed by atoms with E-state index in [-0.39, 0.29) is 11.8 Å². The molecule has 1 aliphatic heterocycles. The van der Waals surface area contributed by atoms with E-state index in [2.05, 4.69) is 4.90 Å². The Hall–Kier alpha value is -0.970. The zero-order chi connectivity index (χ0) is 13.4. The molecule has 0 N–H and O–H groups in total. The van der Waals surface area contributed by atoms with Crippen molar-refractivity contribution >= 4 is 40.1 Å². The van der Waals surface area contributed by atoms with Crippen molar-refractivity contribution in [3.05, 3.63) is 35.0 Å². The summed E-state index contributed by atoms with van der Waals surface area (Å²) in [5.41, 5.74) is 0.596. The number of fused-ring (bicyclic) bond motifs is 1. The maximum atomic E-state index is 12.5. The molecule has 5 heteroatoms. The summed E-state index contributed by atoms with van der Waals surface area (Å²) in [4.78, 5) is 14.6. The number of hydrogen-bond donors (Lipinski definition) is 0. The van der Waals surface area contributed by atoms with Crippen LogP contribution in [-0.4, -0.2) is 41.8 Å². The Morgan fingerprint density at radius 3 is 3.11 bits per heavy atom. The number of likely N-dealkylation sites (N-methyl/N-ethyl adjacent to an activating group) is 1. The van der Waals surface area contributed by atoms with Gasteiger partial charge >= 0.3 is 0 Å². The third kappa shape index (κ3) is 2.40. The van der Waals surface area contributed by atoms with Crippen LogP contribution in [0.1, 0.15) is 10.6 Å². The standard InChI is InChI=1S/C14H14ClNO2S/c1-16-5-6-19-8-11(16)13(17)12-7-9-3-2-4-10(15)14(9)18-12/h2-4,7,11H,5-6,8H2,1H3. The van der Waals surface area contributed by atoms with E-state index in [9.17, 15) is 4.79 Å². The van der Waals surface area contributed by atoms with Crippen molar-refractivity contribution < 1.29 is 9.21 Å². The molecule has 100 valence electrons. The fourth-order valence-electron chi connectivity index (χ4n) is 2.28. The number of benzene rings is 1.